The molecule has 4 rings (SSSR count). The second kappa shape index (κ2) is 8.45. The largest absolute Gasteiger partial charge is 0.416 e. The molecule has 2 heterocycles. The van der Waals surface area contributed by atoms with Crippen molar-refractivity contribution in [2.24, 2.45) is 5.92 Å². The smallest absolute Gasteiger partial charge is 0.358 e. The second-order valence-electron chi connectivity index (χ2n) is 8.39. The van der Waals surface area contributed by atoms with Crippen LogP contribution >= 0.6 is 0 Å². The van der Waals surface area contributed by atoms with Gasteiger partial charge in [0.25, 0.3) is 0 Å². The standard InChI is InChI=1S/C21H27F3N4O2/c1-2-13-3-6-16(7-4-13)28-11-15(12-28)26-19(29)10-25-20-17-9-14(21(22,23)24)5-8-18(17)30-27-20/h5,8-9,13,15-16H,2-4,6-7,10-12H2,1H3,(H,25,27)(H,26,29). The van der Waals surface area contributed by atoms with Gasteiger partial charge in [0.2, 0.25) is 5.91 Å². The van der Waals surface area contributed by atoms with Crippen molar-refractivity contribution in [2.75, 3.05) is 25.0 Å². The molecule has 1 aliphatic heterocycles. The SMILES string of the molecule is CCC1CCC(N2CC(NC(=O)CNc3noc4ccc(C(F)(F)F)cc34)C2)CC1. The number of carbonyl (C=O) groups is 1. The molecule has 0 radical (unpaired) electrons. The number of hydrogen-bond acceptors (Lipinski definition) is 5. The summed E-state index contributed by atoms with van der Waals surface area (Å²) in [7, 11) is 0. The maximum atomic E-state index is 12.9. The van der Waals surface area contributed by atoms with Crippen LogP contribution in [-0.4, -0.2) is 47.7 Å². The summed E-state index contributed by atoms with van der Waals surface area (Å²) in [4.78, 5) is 14.7. The van der Waals surface area contributed by atoms with Crippen molar-refractivity contribution in [3.63, 3.8) is 0 Å². The van der Waals surface area contributed by atoms with Gasteiger partial charge in [-0.05, 0) is 49.8 Å². The monoisotopic (exact) mass is 424 g/mol. The Morgan fingerprint density at radius 3 is 2.63 bits per heavy atom. The van der Waals surface area contributed by atoms with E-state index in [4.69, 9.17) is 4.52 Å². The normalized spacial score (nSPS) is 23.3. The molecule has 6 nitrogen and oxygen atoms in total. The Kier molecular flexibility index (Phi) is 5.90. The lowest BCUT2D eigenvalue weighted by molar-refractivity contribution is -0.137. The number of alkyl halides is 3. The van der Waals surface area contributed by atoms with Crippen LogP contribution in [0.1, 0.15) is 44.6 Å². The van der Waals surface area contributed by atoms with Crippen LogP contribution in [0.4, 0.5) is 19.0 Å². The molecule has 0 bridgehead atoms. The minimum atomic E-state index is -4.45. The minimum Gasteiger partial charge on any atom is -0.358 e. The van der Waals surface area contributed by atoms with Crippen molar-refractivity contribution in [3.8, 4) is 0 Å². The van der Waals surface area contributed by atoms with Gasteiger partial charge in [-0.1, -0.05) is 18.5 Å². The Labute approximate surface area is 173 Å². The molecule has 1 aromatic heterocycles. The molecule has 1 aliphatic carbocycles. The predicted octanol–water partition coefficient (Wildman–Crippen LogP) is 4.03. The molecule has 2 fully saturated rings. The third-order valence-corrected chi connectivity index (χ3v) is 6.40. The maximum Gasteiger partial charge on any atom is 0.416 e. The van der Waals surface area contributed by atoms with Crippen LogP contribution in [0, 0.1) is 5.92 Å². The van der Waals surface area contributed by atoms with E-state index in [1.165, 1.54) is 38.2 Å². The van der Waals surface area contributed by atoms with Gasteiger partial charge in [0.05, 0.1) is 23.5 Å². The minimum absolute atomic E-state index is 0.0734. The van der Waals surface area contributed by atoms with E-state index in [0.29, 0.717) is 6.04 Å². The van der Waals surface area contributed by atoms with E-state index in [2.05, 4.69) is 27.6 Å². The zero-order valence-electron chi connectivity index (χ0n) is 17.0. The van der Waals surface area contributed by atoms with E-state index in [1.54, 1.807) is 0 Å². The van der Waals surface area contributed by atoms with Crippen LogP contribution in [0.2, 0.25) is 0 Å². The Balaban J connectivity index is 1.24. The molecule has 9 heteroatoms. The number of halogens is 3. The van der Waals surface area contributed by atoms with E-state index in [-0.39, 0.29) is 35.3 Å². The van der Waals surface area contributed by atoms with E-state index >= 15 is 0 Å². The highest BCUT2D eigenvalue weighted by Crippen LogP contribution is 2.34. The van der Waals surface area contributed by atoms with Crippen molar-refractivity contribution in [2.45, 2.75) is 57.3 Å². The highest BCUT2D eigenvalue weighted by atomic mass is 19.4. The van der Waals surface area contributed by atoms with Crippen molar-refractivity contribution >= 4 is 22.7 Å². The van der Waals surface area contributed by atoms with Crippen molar-refractivity contribution in [1.29, 1.82) is 0 Å². The van der Waals surface area contributed by atoms with Gasteiger partial charge in [-0.2, -0.15) is 13.2 Å². The van der Waals surface area contributed by atoms with Gasteiger partial charge in [0, 0.05) is 19.1 Å². The summed E-state index contributed by atoms with van der Waals surface area (Å²) in [6, 6.07) is 3.90. The van der Waals surface area contributed by atoms with Crippen LogP contribution in [0.3, 0.4) is 0 Å². The topological polar surface area (TPSA) is 70.4 Å². The van der Waals surface area contributed by atoms with Crippen LogP contribution in [0.25, 0.3) is 11.0 Å². The lowest BCUT2D eigenvalue weighted by Crippen LogP contribution is -2.63. The summed E-state index contributed by atoms with van der Waals surface area (Å²) in [5, 5.41) is 9.71. The van der Waals surface area contributed by atoms with Gasteiger partial charge in [-0.15, -0.1) is 0 Å². The van der Waals surface area contributed by atoms with Gasteiger partial charge < -0.3 is 15.2 Å². The van der Waals surface area contributed by atoms with Crippen LogP contribution in [0.5, 0.6) is 0 Å². The van der Waals surface area contributed by atoms with Gasteiger partial charge in [-0.25, -0.2) is 0 Å². The molecule has 2 aliphatic rings. The molecule has 164 valence electrons. The van der Waals surface area contributed by atoms with E-state index < -0.39 is 11.7 Å². The van der Waals surface area contributed by atoms with Gasteiger partial charge in [0.15, 0.2) is 11.4 Å². The average molecular weight is 424 g/mol. The number of aromatic nitrogens is 1. The summed E-state index contributed by atoms with van der Waals surface area (Å²) in [5.41, 5.74) is -0.549. The first-order chi connectivity index (χ1) is 14.3. The zero-order chi connectivity index (χ0) is 21.3. The molecule has 1 aromatic carbocycles. The molecular formula is C21H27F3N4O2. The Hall–Kier alpha value is -2.29. The molecule has 1 amide bonds. The number of nitrogens with one attached hydrogen (secondary N) is 2. The number of nitrogens with zero attached hydrogens (tertiary/aromatic N) is 2. The lowest BCUT2D eigenvalue weighted by atomic mass is 9.83. The summed E-state index contributed by atoms with van der Waals surface area (Å²) >= 11 is 0. The Morgan fingerprint density at radius 2 is 1.97 bits per heavy atom. The number of rotatable bonds is 6. The molecular weight excluding hydrogens is 397 g/mol. The number of hydrogen-bond donors (Lipinski definition) is 2. The first-order valence-electron chi connectivity index (χ1n) is 10.6. The molecule has 30 heavy (non-hydrogen) atoms. The van der Waals surface area contributed by atoms with Crippen LogP contribution in [0.15, 0.2) is 22.7 Å². The van der Waals surface area contributed by atoms with E-state index in [0.717, 1.165) is 31.1 Å². The predicted molar refractivity (Wildman–Crippen MR) is 107 cm³/mol. The van der Waals surface area contributed by atoms with Gasteiger partial charge in [-0.3, -0.25) is 9.69 Å². The lowest BCUT2D eigenvalue weighted by Gasteiger charge is -2.46. The number of anilines is 1. The first kappa shape index (κ1) is 21.0. The first-order valence-corrected chi connectivity index (χ1v) is 10.6. The van der Waals surface area contributed by atoms with Crippen molar-refractivity contribution < 1.29 is 22.5 Å². The molecule has 0 unspecified atom stereocenters. The number of amides is 1. The van der Waals surface area contributed by atoms with E-state index in [9.17, 15) is 18.0 Å². The summed E-state index contributed by atoms with van der Waals surface area (Å²) in [6.07, 6.45) is 1.86. The zero-order valence-corrected chi connectivity index (χ0v) is 17.0. The molecule has 1 saturated carbocycles. The fourth-order valence-electron chi connectivity index (χ4n) is 4.51. The van der Waals surface area contributed by atoms with Crippen molar-refractivity contribution in [1.82, 2.24) is 15.4 Å². The highest BCUT2D eigenvalue weighted by molar-refractivity contribution is 5.90. The highest BCUT2D eigenvalue weighted by Gasteiger charge is 2.35. The van der Waals surface area contributed by atoms with Crippen LogP contribution < -0.4 is 10.6 Å². The van der Waals surface area contributed by atoms with Crippen LogP contribution in [-0.2, 0) is 11.0 Å². The van der Waals surface area contributed by atoms with E-state index in [1.807, 2.05) is 0 Å². The quantitative estimate of drug-likeness (QED) is 0.733. The maximum absolute atomic E-state index is 12.9. The Morgan fingerprint density at radius 1 is 1.23 bits per heavy atom. The summed E-state index contributed by atoms with van der Waals surface area (Å²) < 4.78 is 43.8. The molecule has 0 spiro atoms. The average Bonchev–Trinajstić information content (AvgIpc) is 3.10. The second-order valence-corrected chi connectivity index (χ2v) is 8.39. The third kappa shape index (κ3) is 4.55. The summed E-state index contributed by atoms with van der Waals surface area (Å²) in [6.45, 7) is 3.89. The van der Waals surface area contributed by atoms with Gasteiger partial charge in [0.1, 0.15) is 0 Å². The Bertz CT molecular complexity index is 884. The van der Waals surface area contributed by atoms with Gasteiger partial charge >= 0.3 is 6.18 Å². The number of likely N-dealkylation sites (tertiary alicyclic amines) is 1. The number of benzene rings is 1. The van der Waals surface area contributed by atoms with Crippen molar-refractivity contribution in [3.05, 3.63) is 23.8 Å². The molecule has 1 saturated heterocycles. The fraction of sp³-hybridized carbons (Fsp3) is 0.619. The number of carbonyl (C=O) groups excluding carboxylic acids is 1. The fourth-order valence-corrected chi connectivity index (χ4v) is 4.51. The third-order valence-electron chi connectivity index (χ3n) is 6.40. The number of fused-ring (bicyclic) bond motifs is 1. The molecule has 2 N–H and O–H groups in total. The molecule has 2 aromatic rings. The summed E-state index contributed by atoms with van der Waals surface area (Å²) in [5.74, 6) is 0.788. The molecule has 0 atom stereocenters.